The number of hydrogen-bond acceptors (Lipinski definition) is 5. The Morgan fingerprint density at radius 3 is 2.81 bits per heavy atom. The lowest BCUT2D eigenvalue weighted by Crippen LogP contribution is -2.48. The van der Waals surface area contributed by atoms with Crippen molar-refractivity contribution in [2.24, 2.45) is 10.9 Å². The van der Waals surface area contributed by atoms with Gasteiger partial charge in [-0.05, 0) is 38.1 Å². The molecule has 0 radical (unpaired) electrons. The Hall–Kier alpha value is -1.79. The minimum Gasteiger partial charge on any atom is -0.492 e. The van der Waals surface area contributed by atoms with E-state index < -0.39 is 0 Å². The summed E-state index contributed by atoms with van der Waals surface area (Å²) in [6, 6.07) is 7.60. The van der Waals surface area contributed by atoms with Crippen molar-refractivity contribution in [2.75, 3.05) is 26.3 Å². The molecule has 0 amide bonds. The van der Waals surface area contributed by atoms with Gasteiger partial charge < -0.3 is 20.4 Å². The van der Waals surface area contributed by atoms with Crippen molar-refractivity contribution in [3.63, 3.8) is 0 Å². The highest BCUT2D eigenvalue weighted by Gasteiger charge is 2.22. The van der Waals surface area contributed by atoms with Crippen LogP contribution in [-0.4, -0.2) is 54.4 Å². The molecule has 1 aromatic carbocycles. The van der Waals surface area contributed by atoms with Crippen molar-refractivity contribution in [1.29, 1.82) is 0 Å². The van der Waals surface area contributed by atoms with Gasteiger partial charge in [-0.15, -0.1) is 0 Å². The van der Waals surface area contributed by atoms with Crippen LogP contribution in [0.25, 0.3) is 0 Å². The van der Waals surface area contributed by atoms with Gasteiger partial charge in [0, 0.05) is 24.7 Å². The highest BCUT2D eigenvalue weighted by atomic mass is 16.5. The summed E-state index contributed by atoms with van der Waals surface area (Å²) in [5, 5.41) is 11.6. The molecule has 0 aliphatic carbocycles. The van der Waals surface area contributed by atoms with E-state index in [9.17, 15) is 0 Å². The van der Waals surface area contributed by atoms with Crippen LogP contribution < -0.4 is 10.5 Å². The van der Waals surface area contributed by atoms with Crippen molar-refractivity contribution >= 4 is 5.84 Å². The molecule has 6 nitrogen and oxygen atoms in total. The zero-order valence-electron chi connectivity index (χ0n) is 12.5. The van der Waals surface area contributed by atoms with Crippen molar-refractivity contribution < 1.29 is 14.7 Å². The number of morpholine rings is 1. The molecule has 2 rings (SSSR count). The van der Waals surface area contributed by atoms with Crippen LogP contribution in [0.2, 0.25) is 0 Å². The molecule has 1 aromatic rings. The van der Waals surface area contributed by atoms with Gasteiger partial charge in [0.2, 0.25) is 0 Å². The first-order valence-corrected chi connectivity index (χ1v) is 7.16. The summed E-state index contributed by atoms with van der Waals surface area (Å²) in [5.74, 6) is 0.871. The fourth-order valence-corrected chi connectivity index (χ4v) is 2.34. The van der Waals surface area contributed by atoms with E-state index in [1.54, 1.807) is 12.1 Å². The molecular weight excluding hydrogens is 270 g/mol. The molecular formula is C15H23N3O3. The molecule has 3 N–H and O–H groups in total. The standard InChI is InChI=1S/C15H23N3O3/c1-11-10-21-12(2)9-18(11)7-8-20-14-5-3-13(4-6-14)15(16)17-19/h3-6,11-12,19H,7-10H2,1-2H3,(H2,16,17). The van der Waals surface area contributed by atoms with E-state index in [2.05, 4.69) is 23.9 Å². The average molecular weight is 293 g/mol. The van der Waals surface area contributed by atoms with E-state index in [1.165, 1.54) is 0 Å². The Morgan fingerprint density at radius 2 is 2.14 bits per heavy atom. The van der Waals surface area contributed by atoms with E-state index in [0.29, 0.717) is 18.2 Å². The molecule has 2 atom stereocenters. The summed E-state index contributed by atoms with van der Waals surface area (Å²) in [5.41, 5.74) is 6.18. The molecule has 1 aliphatic heterocycles. The topological polar surface area (TPSA) is 80.3 Å². The Kier molecular flexibility index (Phi) is 5.41. The summed E-state index contributed by atoms with van der Waals surface area (Å²) in [7, 11) is 0. The van der Waals surface area contributed by atoms with E-state index in [4.69, 9.17) is 20.4 Å². The SMILES string of the molecule is CC1CN(CCOc2ccc(C(N)=NO)cc2)C(C)CO1. The smallest absolute Gasteiger partial charge is 0.170 e. The molecule has 1 saturated heterocycles. The first-order valence-electron chi connectivity index (χ1n) is 7.16. The van der Waals surface area contributed by atoms with Crippen LogP contribution in [0.3, 0.4) is 0 Å². The van der Waals surface area contributed by atoms with Crippen LogP contribution in [0.15, 0.2) is 29.4 Å². The van der Waals surface area contributed by atoms with E-state index >= 15 is 0 Å². The van der Waals surface area contributed by atoms with Crippen LogP contribution >= 0.6 is 0 Å². The summed E-state index contributed by atoms with van der Waals surface area (Å²) in [4.78, 5) is 2.37. The number of nitrogens with zero attached hydrogens (tertiary/aromatic N) is 2. The molecule has 0 saturated carbocycles. The van der Waals surface area contributed by atoms with Gasteiger partial charge in [-0.3, -0.25) is 4.90 Å². The number of ether oxygens (including phenoxy) is 2. The Morgan fingerprint density at radius 1 is 1.43 bits per heavy atom. The number of oxime groups is 1. The Balaban J connectivity index is 1.80. The van der Waals surface area contributed by atoms with Crippen LogP contribution in [0.1, 0.15) is 19.4 Å². The van der Waals surface area contributed by atoms with Crippen LogP contribution in [0.4, 0.5) is 0 Å². The summed E-state index contributed by atoms with van der Waals surface area (Å²) in [6.45, 7) is 7.46. The zero-order valence-corrected chi connectivity index (χ0v) is 12.5. The van der Waals surface area contributed by atoms with E-state index in [-0.39, 0.29) is 11.9 Å². The largest absolute Gasteiger partial charge is 0.492 e. The van der Waals surface area contributed by atoms with Crippen LogP contribution in [0.5, 0.6) is 5.75 Å². The number of rotatable bonds is 5. The molecule has 21 heavy (non-hydrogen) atoms. The lowest BCUT2D eigenvalue weighted by atomic mass is 10.2. The van der Waals surface area contributed by atoms with Crippen molar-refractivity contribution in [3.05, 3.63) is 29.8 Å². The normalized spacial score (nSPS) is 24.0. The fraction of sp³-hybridized carbons (Fsp3) is 0.533. The third kappa shape index (κ3) is 4.34. The minimum absolute atomic E-state index is 0.0951. The Labute approximate surface area is 125 Å². The number of hydrogen-bond donors (Lipinski definition) is 2. The number of amidine groups is 1. The third-order valence-electron chi connectivity index (χ3n) is 3.64. The van der Waals surface area contributed by atoms with Crippen molar-refractivity contribution in [2.45, 2.75) is 26.0 Å². The maximum atomic E-state index is 8.61. The summed E-state index contributed by atoms with van der Waals surface area (Å²) in [6.07, 6.45) is 0.279. The van der Waals surface area contributed by atoms with E-state index in [1.807, 2.05) is 12.1 Å². The highest BCUT2D eigenvalue weighted by Crippen LogP contribution is 2.14. The quantitative estimate of drug-likeness (QED) is 0.370. The monoisotopic (exact) mass is 293 g/mol. The van der Waals surface area contributed by atoms with Crippen molar-refractivity contribution in [3.8, 4) is 5.75 Å². The molecule has 1 fully saturated rings. The predicted octanol–water partition coefficient (Wildman–Crippen LogP) is 1.27. The molecule has 0 aromatic heterocycles. The first-order chi connectivity index (χ1) is 10.1. The second-order valence-corrected chi connectivity index (χ2v) is 5.35. The second kappa shape index (κ2) is 7.28. The maximum Gasteiger partial charge on any atom is 0.170 e. The molecule has 1 heterocycles. The minimum atomic E-state index is 0.0951. The fourth-order valence-electron chi connectivity index (χ4n) is 2.34. The van der Waals surface area contributed by atoms with Gasteiger partial charge in [-0.2, -0.15) is 0 Å². The van der Waals surface area contributed by atoms with E-state index in [0.717, 1.165) is 25.4 Å². The predicted molar refractivity (Wildman–Crippen MR) is 80.9 cm³/mol. The van der Waals surface area contributed by atoms with Gasteiger partial charge in [0.25, 0.3) is 0 Å². The summed E-state index contributed by atoms with van der Waals surface area (Å²) >= 11 is 0. The molecule has 1 aliphatic rings. The Bertz CT molecular complexity index is 476. The highest BCUT2D eigenvalue weighted by molar-refractivity contribution is 5.97. The van der Waals surface area contributed by atoms with Gasteiger partial charge in [0.1, 0.15) is 12.4 Å². The lowest BCUT2D eigenvalue weighted by molar-refractivity contribution is -0.0522. The lowest BCUT2D eigenvalue weighted by Gasteiger charge is -2.36. The molecule has 6 heteroatoms. The second-order valence-electron chi connectivity index (χ2n) is 5.35. The van der Waals surface area contributed by atoms with Gasteiger partial charge in [-0.25, -0.2) is 0 Å². The van der Waals surface area contributed by atoms with Crippen LogP contribution in [0, 0.1) is 0 Å². The van der Waals surface area contributed by atoms with Gasteiger partial charge >= 0.3 is 0 Å². The van der Waals surface area contributed by atoms with Crippen molar-refractivity contribution in [1.82, 2.24) is 4.90 Å². The molecule has 116 valence electrons. The molecule has 2 unspecified atom stereocenters. The van der Waals surface area contributed by atoms with Gasteiger partial charge in [0.15, 0.2) is 5.84 Å². The average Bonchev–Trinajstić information content (AvgIpc) is 2.50. The number of nitrogens with two attached hydrogens (primary N) is 1. The van der Waals surface area contributed by atoms with Gasteiger partial charge in [0.05, 0.1) is 12.7 Å². The third-order valence-corrected chi connectivity index (χ3v) is 3.64. The number of benzene rings is 1. The molecule has 0 bridgehead atoms. The zero-order chi connectivity index (χ0) is 15.2. The maximum absolute atomic E-state index is 8.61. The first kappa shape index (κ1) is 15.6. The molecule has 0 spiro atoms. The summed E-state index contributed by atoms with van der Waals surface area (Å²) < 4.78 is 11.3. The van der Waals surface area contributed by atoms with Gasteiger partial charge in [-0.1, -0.05) is 5.16 Å². The van der Waals surface area contributed by atoms with Crippen LogP contribution in [-0.2, 0) is 4.74 Å².